The van der Waals surface area contributed by atoms with Crippen LogP contribution in [0.2, 0.25) is 5.02 Å². The third-order valence-corrected chi connectivity index (χ3v) is 3.63. The first kappa shape index (κ1) is 15.9. The number of nitrogens with zero attached hydrogens (tertiary/aromatic N) is 2. The Morgan fingerprint density at radius 2 is 1.88 bits per heavy atom. The van der Waals surface area contributed by atoms with E-state index in [1.165, 1.54) is 18.2 Å². The number of hydrogen-bond donors (Lipinski definition) is 3. The van der Waals surface area contributed by atoms with Crippen molar-refractivity contribution in [2.75, 3.05) is 10.6 Å². The van der Waals surface area contributed by atoms with Gasteiger partial charge in [-0.15, -0.1) is 0 Å². The molecule has 0 aliphatic rings. The highest BCUT2D eigenvalue weighted by Gasteiger charge is 2.11. The molecule has 0 unspecified atom stereocenters. The Hall–Kier alpha value is -2.99. The molecule has 0 atom stereocenters. The van der Waals surface area contributed by atoms with Crippen LogP contribution in [0.3, 0.4) is 0 Å². The third-order valence-electron chi connectivity index (χ3n) is 3.40. The maximum atomic E-state index is 12.1. The molecule has 6 nitrogen and oxygen atoms in total. The molecule has 1 aromatic heterocycles. The maximum absolute atomic E-state index is 12.1. The molecule has 122 valence electrons. The number of aromatic hydroxyl groups is 1. The summed E-state index contributed by atoms with van der Waals surface area (Å²) in [5.74, 6) is 0.330. The fourth-order valence-electron chi connectivity index (χ4n) is 2.29. The van der Waals surface area contributed by atoms with Gasteiger partial charge in [-0.05, 0) is 23.8 Å². The van der Waals surface area contributed by atoms with E-state index in [-0.39, 0.29) is 11.4 Å². The predicted octanol–water partition coefficient (Wildman–Crippen LogP) is 4.09. The number of carbonyl (C=O) groups excluding carboxylic acids is 1. The lowest BCUT2D eigenvalue weighted by Crippen LogP contribution is -2.19. The monoisotopic (exact) mass is 342 g/mol. The van der Waals surface area contributed by atoms with Gasteiger partial charge in [0.25, 0.3) is 0 Å². The summed E-state index contributed by atoms with van der Waals surface area (Å²) < 4.78 is 1.68. The van der Waals surface area contributed by atoms with Gasteiger partial charge in [-0.2, -0.15) is 5.10 Å². The Morgan fingerprint density at radius 3 is 2.62 bits per heavy atom. The summed E-state index contributed by atoms with van der Waals surface area (Å²) in [5.41, 5.74) is 2.09. The summed E-state index contributed by atoms with van der Waals surface area (Å²) in [5, 5.41) is 19.6. The average molecular weight is 343 g/mol. The largest absolute Gasteiger partial charge is 0.506 e. The van der Waals surface area contributed by atoms with Gasteiger partial charge in [0, 0.05) is 18.1 Å². The highest BCUT2D eigenvalue weighted by Crippen LogP contribution is 2.27. The van der Waals surface area contributed by atoms with Crippen molar-refractivity contribution in [3.63, 3.8) is 0 Å². The van der Waals surface area contributed by atoms with Crippen molar-refractivity contribution in [3.05, 3.63) is 59.6 Å². The van der Waals surface area contributed by atoms with Gasteiger partial charge in [-0.1, -0.05) is 41.9 Å². The summed E-state index contributed by atoms with van der Waals surface area (Å²) in [7, 11) is 1.80. The molecule has 0 spiro atoms. The number of phenolic OH excluding ortho intramolecular Hbond substituents is 1. The third kappa shape index (κ3) is 3.49. The number of urea groups is 1. The quantitative estimate of drug-likeness (QED) is 0.627. The number of anilines is 2. The van der Waals surface area contributed by atoms with Crippen LogP contribution >= 0.6 is 11.6 Å². The van der Waals surface area contributed by atoms with Crippen LogP contribution in [0.5, 0.6) is 5.75 Å². The number of hydrogen-bond acceptors (Lipinski definition) is 3. The van der Waals surface area contributed by atoms with Gasteiger partial charge in [0.2, 0.25) is 0 Å². The van der Waals surface area contributed by atoms with Gasteiger partial charge < -0.3 is 10.4 Å². The molecule has 3 rings (SSSR count). The van der Waals surface area contributed by atoms with E-state index in [9.17, 15) is 9.90 Å². The van der Waals surface area contributed by atoms with Gasteiger partial charge in [0.15, 0.2) is 5.82 Å². The van der Waals surface area contributed by atoms with Crippen LogP contribution in [0.4, 0.5) is 16.3 Å². The van der Waals surface area contributed by atoms with Gasteiger partial charge in [-0.25, -0.2) is 4.79 Å². The van der Waals surface area contributed by atoms with E-state index < -0.39 is 6.03 Å². The number of halogens is 1. The molecule has 2 amide bonds. The molecule has 0 saturated heterocycles. The summed E-state index contributed by atoms with van der Waals surface area (Å²) in [6, 6.07) is 15.4. The Balaban J connectivity index is 1.75. The summed E-state index contributed by atoms with van der Waals surface area (Å²) in [4.78, 5) is 12.1. The Kier molecular flexibility index (Phi) is 4.39. The van der Waals surface area contributed by atoms with Crippen molar-refractivity contribution in [2.24, 2.45) is 7.05 Å². The number of carbonyl (C=O) groups is 1. The zero-order valence-corrected chi connectivity index (χ0v) is 13.6. The van der Waals surface area contributed by atoms with Crippen LogP contribution in [0, 0.1) is 0 Å². The van der Waals surface area contributed by atoms with Crippen molar-refractivity contribution in [1.82, 2.24) is 9.78 Å². The first-order chi connectivity index (χ1) is 11.5. The Morgan fingerprint density at radius 1 is 1.12 bits per heavy atom. The molecular formula is C17H15ClN4O2. The second-order valence-corrected chi connectivity index (χ2v) is 5.58. The second kappa shape index (κ2) is 6.64. The van der Waals surface area contributed by atoms with Crippen molar-refractivity contribution < 1.29 is 9.90 Å². The molecule has 3 aromatic rings. The average Bonchev–Trinajstić information content (AvgIpc) is 2.92. The number of nitrogens with one attached hydrogen (secondary N) is 2. The maximum Gasteiger partial charge on any atom is 0.325 e. The van der Waals surface area contributed by atoms with Gasteiger partial charge in [0.05, 0.1) is 11.4 Å². The smallest absolute Gasteiger partial charge is 0.325 e. The molecule has 0 saturated carbocycles. The first-order valence-corrected chi connectivity index (χ1v) is 7.57. The molecule has 0 aliphatic carbocycles. The van der Waals surface area contributed by atoms with Crippen molar-refractivity contribution in [3.8, 4) is 17.0 Å². The van der Waals surface area contributed by atoms with Crippen LogP contribution in [0.1, 0.15) is 0 Å². The number of benzene rings is 2. The van der Waals surface area contributed by atoms with Crippen LogP contribution in [-0.4, -0.2) is 20.9 Å². The van der Waals surface area contributed by atoms with Crippen LogP contribution in [-0.2, 0) is 7.05 Å². The number of rotatable bonds is 3. The minimum Gasteiger partial charge on any atom is -0.506 e. The van der Waals surface area contributed by atoms with Gasteiger partial charge in [0.1, 0.15) is 5.75 Å². The molecule has 7 heteroatoms. The minimum absolute atomic E-state index is 0.0689. The second-order valence-electron chi connectivity index (χ2n) is 5.15. The molecule has 3 N–H and O–H groups in total. The van der Waals surface area contributed by atoms with E-state index >= 15 is 0 Å². The first-order valence-electron chi connectivity index (χ1n) is 7.19. The summed E-state index contributed by atoms with van der Waals surface area (Å²) >= 11 is 5.85. The lowest BCUT2D eigenvalue weighted by Gasteiger charge is -2.07. The molecule has 0 aliphatic heterocycles. The standard InChI is InChI=1S/C17H15ClN4O2/c1-22-14(11-5-3-2-4-6-11)10-16(21-22)20-17(24)19-13-9-12(18)7-8-15(13)23/h2-10,23H,1H3,(H2,19,20,21,24). The lowest BCUT2D eigenvalue weighted by molar-refractivity contribution is 0.262. The van der Waals surface area contributed by atoms with E-state index in [4.69, 9.17) is 11.6 Å². The zero-order valence-electron chi connectivity index (χ0n) is 12.8. The number of amides is 2. The van der Waals surface area contributed by atoms with E-state index in [0.717, 1.165) is 11.3 Å². The predicted molar refractivity (Wildman–Crippen MR) is 94.4 cm³/mol. The topological polar surface area (TPSA) is 79.2 Å². The van der Waals surface area contributed by atoms with Crippen molar-refractivity contribution >= 4 is 29.1 Å². The summed E-state index contributed by atoms with van der Waals surface area (Å²) in [6.45, 7) is 0. The van der Waals surface area contributed by atoms with Gasteiger partial charge in [-0.3, -0.25) is 10.00 Å². The summed E-state index contributed by atoms with van der Waals surface area (Å²) in [6.07, 6.45) is 0. The van der Waals surface area contributed by atoms with Crippen LogP contribution < -0.4 is 10.6 Å². The Bertz CT molecular complexity index is 878. The van der Waals surface area contributed by atoms with E-state index in [0.29, 0.717) is 10.8 Å². The molecule has 0 radical (unpaired) electrons. The molecule has 24 heavy (non-hydrogen) atoms. The highest BCUT2D eigenvalue weighted by atomic mass is 35.5. The minimum atomic E-state index is -0.523. The number of aryl methyl sites for hydroxylation is 1. The van der Waals surface area contributed by atoms with Crippen molar-refractivity contribution in [2.45, 2.75) is 0 Å². The zero-order chi connectivity index (χ0) is 17.1. The van der Waals surface area contributed by atoms with Crippen molar-refractivity contribution in [1.29, 1.82) is 0 Å². The lowest BCUT2D eigenvalue weighted by atomic mass is 10.1. The molecule has 0 bridgehead atoms. The number of aromatic nitrogens is 2. The normalized spacial score (nSPS) is 10.4. The molecular weight excluding hydrogens is 328 g/mol. The van der Waals surface area contributed by atoms with E-state index in [1.807, 2.05) is 30.3 Å². The van der Waals surface area contributed by atoms with Crippen LogP contribution in [0.25, 0.3) is 11.3 Å². The highest BCUT2D eigenvalue weighted by molar-refractivity contribution is 6.31. The van der Waals surface area contributed by atoms with E-state index in [1.54, 1.807) is 17.8 Å². The molecule has 0 fully saturated rings. The van der Waals surface area contributed by atoms with Gasteiger partial charge >= 0.3 is 6.03 Å². The number of phenols is 1. The van der Waals surface area contributed by atoms with Crippen LogP contribution in [0.15, 0.2) is 54.6 Å². The molecule has 1 heterocycles. The SMILES string of the molecule is Cn1nc(NC(=O)Nc2cc(Cl)ccc2O)cc1-c1ccccc1. The molecule has 2 aromatic carbocycles. The Labute approximate surface area is 143 Å². The van der Waals surface area contributed by atoms with E-state index in [2.05, 4.69) is 15.7 Å². The fraction of sp³-hybridized carbons (Fsp3) is 0.0588. The fourth-order valence-corrected chi connectivity index (χ4v) is 2.46.